The monoisotopic (exact) mass is 361 g/mol. The minimum Gasteiger partial charge on any atom is -0.452 e. The second kappa shape index (κ2) is 9.59. The largest absolute Gasteiger partial charge is 0.452 e. The van der Waals surface area contributed by atoms with Crippen LogP contribution in [0.2, 0.25) is 5.02 Å². The lowest BCUT2D eigenvalue weighted by Gasteiger charge is -2.05. The van der Waals surface area contributed by atoms with Gasteiger partial charge in [-0.1, -0.05) is 41.9 Å². The Kier molecular flexibility index (Phi) is 7.16. The van der Waals surface area contributed by atoms with Gasteiger partial charge in [-0.25, -0.2) is 9.18 Å². The Morgan fingerprint density at radius 1 is 1.12 bits per heavy atom. The Morgan fingerprint density at radius 3 is 2.56 bits per heavy atom. The number of ether oxygens (including phenoxy) is 1. The van der Waals surface area contributed by atoms with Crippen molar-refractivity contribution in [2.75, 3.05) is 13.2 Å². The van der Waals surface area contributed by atoms with Crippen molar-refractivity contribution in [2.45, 2.75) is 6.42 Å². The maximum atomic E-state index is 12.8. The predicted octanol–water partition coefficient (Wildman–Crippen LogP) is 3.39. The minimum atomic E-state index is -0.631. The van der Waals surface area contributed by atoms with E-state index in [2.05, 4.69) is 5.32 Å². The maximum Gasteiger partial charge on any atom is 0.331 e. The number of hydrogen-bond donors (Lipinski definition) is 1. The number of benzene rings is 2. The Balaban J connectivity index is 1.68. The van der Waals surface area contributed by atoms with Gasteiger partial charge >= 0.3 is 5.97 Å². The number of amides is 1. The fraction of sp³-hybridized carbons (Fsp3) is 0.158. The zero-order valence-corrected chi connectivity index (χ0v) is 14.1. The smallest absolute Gasteiger partial charge is 0.331 e. The van der Waals surface area contributed by atoms with Crippen molar-refractivity contribution in [3.8, 4) is 0 Å². The third kappa shape index (κ3) is 6.77. The van der Waals surface area contributed by atoms with Gasteiger partial charge in [0.2, 0.25) is 0 Å². The van der Waals surface area contributed by atoms with Crippen LogP contribution in [0.1, 0.15) is 11.1 Å². The molecule has 0 saturated heterocycles. The van der Waals surface area contributed by atoms with E-state index in [0.29, 0.717) is 23.6 Å². The van der Waals surface area contributed by atoms with E-state index >= 15 is 0 Å². The average Bonchev–Trinajstić information content (AvgIpc) is 2.61. The molecule has 4 nitrogen and oxygen atoms in total. The molecule has 0 fully saturated rings. The number of esters is 1. The summed E-state index contributed by atoms with van der Waals surface area (Å²) < 4.78 is 17.6. The van der Waals surface area contributed by atoms with E-state index in [0.717, 1.165) is 5.56 Å². The van der Waals surface area contributed by atoms with Gasteiger partial charge in [-0.3, -0.25) is 4.79 Å². The summed E-state index contributed by atoms with van der Waals surface area (Å²) in [6.45, 7) is 0.00654. The molecule has 0 atom stereocenters. The molecule has 0 spiro atoms. The van der Waals surface area contributed by atoms with Crippen molar-refractivity contribution in [3.05, 3.63) is 76.6 Å². The minimum absolute atomic E-state index is 0.301. The molecule has 0 saturated carbocycles. The highest BCUT2D eigenvalue weighted by atomic mass is 35.5. The van der Waals surface area contributed by atoms with Gasteiger partial charge in [-0.15, -0.1) is 0 Å². The SMILES string of the molecule is O=C(COC(=O)/C=C/c1ccccc1Cl)NCCc1ccc(F)cc1. The molecule has 2 aromatic carbocycles. The molecule has 25 heavy (non-hydrogen) atoms. The molecule has 0 bridgehead atoms. The first-order chi connectivity index (χ1) is 12.0. The topological polar surface area (TPSA) is 55.4 Å². The second-order valence-electron chi connectivity index (χ2n) is 5.19. The highest BCUT2D eigenvalue weighted by Gasteiger charge is 2.05. The first kappa shape index (κ1) is 18.7. The van der Waals surface area contributed by atoms with Crippen LogP contribution >= 0.6 is 11.6 Å². The number of nitrogens with one attached hydrogen (secondary N) is 1. The van der Waals surface area contributed by atoms with Crippen LogP contribution in [0.3, 0.4) is 0 Å². The number of hydrogen-bond acceptors (Lipinski definition) is 3. The lowest BCUT2D eigenvalue weighted by atomic mass is 10.1. The summed E-state index contributed by atoms with van der Waals surface area (Å²) >= 11 is 5.96. The lowest BCUT2D eigenvalue weighted by Crippen LogP contribution is -2.30. The van der Waals surface area contributed by atoms with Gasteiger partial charge in [0, 0.05) is 17.6 Å². The van der Waals surface area contributed by atoms with E-state index in [1.807, 2.05) is 0 Å². The van der Waals surface area contributed by atoms with Crippen molar-refractivity contribution >= 4 is 29.6 Å². The highest BCUT2D eigenvalue weighted by Crippen LogP contribution is 2.16. The van der Waals surface area contributed by atoms with Gasteiger partial charge in [0.15, 0.2) is 6.61 Å². The van der Waals surface area contributed by atoms with Crippen molar-refractivity contribution in [3.63, 3.8) is 0 Å². The normalized spacial score (nSPS) is 10.6. The van der Waals surface area contributed by atoms with Crippen LogP contribution in [0.25, 0.3) is 6.08 Å². The van der Waals surface area contributed by atoms with Crippen LogP contribution in [0.4, 0.5) is 4.39 Å². The summed E-state index contributed by atoms with van der Waals surface area (Å²) in [6, 6.07) is 13.1. The van der Waals surface area contributed by atoms with Crippen LogP contribution in [0.15, 0.2) is 54.6 Å². The number of carbonyl (C=O) groups is 2. The summed E-state index contributed by atoms with van der Waals surface area (Å²) in [4.78, 5) is 23.2. The molecular formula is C19H17ClFNO3. The first-order valence-electron chi connectivity index (χ1n) is 7.65. The maximum absolute atomic E-state index is 12.8. The first-order valence-corrected chi connectivity index (χ1v) is 8.03. The van der Waals surface area contributed by atoms with E-state index in [4.69, 9.17) is 16.3 Å². The molecule has 0 radical (unpaired) electrons. The molecule has 130 valence electrons. The number of carbonyl (C=O) groups excluding carboxylic acids is 2. The van der Waals surface area contributed by atoms with Crippen LogP contribution in [0.5, 0.6) is 0 Å². The van der Waals surface area contributed by atoms with E-state index in [-0.39, 0.29) is 12.4 Å². The quantitative estimate of drug-likeness (QED) is 0.607. The molecular weight excluding hydrogens is 345 g/mol. The van der Waals surface area contributed by atoms with Crippen LogP contribution in [-0.4, -0.2) is 25.0 Å². The molecule has 2 aromatic rings. The molecule has 0 aliphatic rings. The summed E-state index contributed by atoms with van der Waals surface area (Å²) in [6.07, 6.45) is 3.30. The Morgan fingerprint density at radius 2 is 1.84 bits per heavy atom. The van der Waals surface area contributed by atoms with Crippen LogP contribution < -0.4 is 5.32 Å². The van der Waals surface area contributed by atoms with Crippen LogP contribution in [-0.2, 0) is 20.7 Å². The molecule has 2 rings (SSSR count). The Bertz CT molecular complexity index is 760. The van der Waals surface area contributed by atoms with Gasteiger partial charge < -0.3 is 10.1 Å². The molecule has 0 aromatic heterocycles. The number of rotatable bonds is 7. The van der Waals surface area contributed by atoms with Gasteiger partial charge in [-0.2, -0.15) is 0 Å². The van der Waals surface area contributed by atoms with E-state index in [1.165, 1.54) is 24.3 Å². The number of halogens is 2. The zero-order chi connectivity index (χ0) is 18.1. The van der Waals surface area contributed by atoms with Gasteiger partial charge in [0.1, 0.15) is 5.82 Å². The lowest BCUT2D eigenvalue weighted by molar-refractivity contribution is -0.143. The Hall–Kier alpha value is -2.66. The molecule has 0 aliphatic heterocycles. The summed E-state index contributed by atoms with van der Waals surface area (Å²) in [7, 11) is 0. The average molecular weight is 362 g/mol. The summed E-state index contributed by atoms with van der Waals surface area (Å²) in [5.74, 6) is -1.33. The third-order valence-corrected chi connectivity index (χ3v) is 3.64. The standard InChI is InChI=1S/C19H17ClFNO3/c20-17-4-2-1-3-15(17)7-10-19(24)25-13-18(23)22-12-11-14-5-8-16(21)9-6-14/h1-10H,11-13H2,(H,22,23)/b10-7+. The fourth-order valence-electron chi connectivity index (χ4n) is 2.00. The molecule has 6 heteroatoms. The highest BCUT2D eigenvalue weighted by molar-refractivity contribution is 6.32. The van der Waals surface area contributed by atoms with Crippen molar-refractivity contribution in [1.82, 2.24) is 5.32 Å². The molecule has 1 N–H and O–H groups in total. The summed E-state index contributed by atoms with van der Waals surface area (Å²) in [5, 5.41) is 3.15. The van der Waals surface area contributed by atoms with Crippen molar-refractivity contribution in [1.29, 1.82) is 0 Å². The molecule has 1 amide bonds. The zero-order valence-electron chi connectivity index (χ0n) is 13.4. The van der Waals surface area contributed by atoms with Crippen molar-refractivity contribution in [2.24, 2.45) is 0 Å². The second-order valence-corrected chi connectivity index (χ2v) is 5.60. The molecule has 0 heterocycles. The Labute approximate surface area is 150 Å². The fourth-order valence-corrected chi connectivity index (χ4v) is 2.20. The van der Waals surface area contributed by atoms with E-state index < -0.39 is 11.9 Å². The van der Waals surface area contributed by atoms with E-state index in [9.17, 15) is 14.0 Å². The van der Waals surface area contributed by atoms with Gasteiger partial charge in [0.05, 0.1) is 0 Å². The van der Waals surface area contributed by atoms with E-state index in [1.54, 1.807) is 36.4 Å². The van der Waals surface area contributed by atoms with Crippen LogP contribution in [0, 0.1) is 5.82 Å². The molecule has 0 unspecified atom stereocenters. The predicted molar refractivity (Wildman–Crippen MR) is 94.6 cm³/mol. The third-order valence-electron chi connectivity index (χ3n) is 3.30. The van der Waals surface area contributed by atoms with Gasteiger partial charge in [0.25, 0.3) is 5.91 Å². The van der Waals surface area contributed by atoms with Crippen molar-refractivity contribution < 1.29 is 18.7 Å². The summed E-state index contributed by atoms with van der Waals surface area (Å²) in [5.41, 5.74) is 1.59. The van der Waals surface area contributed by atoms with Gasteiger partial charge in [-0.05, 0) is 41.8 Å². The molecule has 0 aliphatic carbocycles.